The van der Waals surface area contributed by atoms with Gasteiger partial charge >= 0.3 is 5.97 Å². The number of alkyl halides is 1. The monoisotopic (exact) mass is 354 g/mol. The number of hydrogen-bond donors (Lipinski definition) is 0. The minimum absolute atomic E-state index is 0.0437. The maximum Gasteiger partial charge on any atom is 0.306 e. The maximum atomic E-state index is 11.7. The van der Waals surface area contributed by atoms with Gasteiger partial charge in [-0.2, -0.15) is 0 Å². The summed E-state index contributed by atoms with van der Waals surface area (Å²) in [6.07, 6.45) is 21.3. The van der Waals surface area contributed by atoms with Gasteiger partial charge in [0.2, 0.25) is 0 Å². The molecule has 0 aromatic rings. The molecule has 2 nitrogen and oxygen atoms in total. The van der Waals surface area contributed by atoms with Gasteiger partial charge in [0.05, 0.1) is 0 Å². The lowest BCUT2D eigenvalue weighted by atomic mass is 9.89. The van der Waals surface area contributed by atoms with E-state index in [9.17, 15) is 4.79 Å². The minimum Gasteiger partial charge on any atom is -0.461 e. The van der Waals surface area contributed by atoms with Crippen LogP contribution in [0.25, 0.3) is 0 Å². The zero-order valence-electron chi connectivity index (χ0n) is 15.2. The lowest BCUT2D eigenvalue weighted by molar-refractivity contribution is -0.142. The number of rotatable bonds is 12. The van der Waals surface area contributed by atoms with E-state index in [1.54, 1.807) is 0 Å². The molecule has 0 bridgehead atoms. The minimum atomic E-state index is -0.0437. The third-order valence-corrected chi connectivity index (χ3v) is 5.83. The molecule has 0 unspecified atom stereocenters. The van der Waals surface area contributed by atoms with E-state index >= 15 is 0 Å². The Kier molecular flexibility index (Phi) is 9.87. The number of allylic oxidation sites excluding steroid dienone is 1. The Balaban J connectivity index is 1.35. The van der Waals surface area contributed by atoms with Crippen LogP contribution in [-0.4, -0.2) is 18.0 Å². The second-order valence-corrected chi connectivity index (χ2v) is 8.34. The number of carbonyl (C=O) groups is 1. The predicted molar refractivity (Wildman–Crippen MR) is 101 cm³/mol. The van der Waals surface area contributed by atoms with E-state index in [-0.39, 0.29) is 5.97 Å². The van der Waals surface area contributed by atoms with Gasteiger partial charge in [-0.05, 0) is 43.9 Å². The highest BCUT2D eigenvalue weighted by atomic mass is 35.5. The van der Waals surface area contributed by atoms with Gasteiger partial charge < -0.3 is 4.74 Å². The maximum absolute atomic E-state index is 11.7. The smallest absolute Gasteiger partial charge is 0.306 e. The highest BCUT2D eigenvalue weighted by Gasteiger charge is 2.19. The summed E-state index contributed by atoms with van der Waals surface area (Å²) in [6, 6.07) is 0. The molecule has 0 aliphatic heterocycles. The standard InChI is InChI=1S/C21H35ClO2/c22-20-15-13-19(14-16-20)9-7-17-24-21(23)10-6-4-2-1-3-5-8-18-11-12-18/h7,9,18-20H,1-6,8,10-17H2/b9-7+. The Labute approximate surface area is 153 Å². The summed E-state index contributed by atoms with van der Waals surface area (Å²) in [6.45, 7) is 0.431. The molecule has 0 aromatic heterocycles. The first kappa shape index (κ1) is 19.8. The van der Waals surface area contributed by atoms with Crippen LogP contribution >= 0.6 is 11.6 Å². The Morgan fingerprint density at radius 1 is 0.917 bits per heavy atom. The zero-order valence-corrected chi connectivity index (χ0v) is 15.9. The van der Waals surface area contributed by atoms with Crippen LogP contribution in [0.4, 0.5) is 0 Å². The Bertz CT molecular complexity index is 368. The van der Waals surface area contributed by atoms with Gasteiger partial charge in [-0.15, -0.1) is 11.6 Å². The van der Waals surface area contributed by atoms with Crippen molar-refractivity contribution >= 4 is 17.6 Å². The second-order valence-electron chi connectivity index (χ2n) is 7.73. The van der Waals surface area contributed by atoms with Crippen molar-refractivity contribution in [2.45, 2.75) is 95.3 Å². The van der Waals surface area contributed by atoms with E-state index in [0.717, 1.165) is 31.6 Å². The van der Waals surface area contributed by atoms with Crippen molar-refractivity contribution in [3.63, 3.8) is 0 Å². The summed E-state index contributed by atoms with van der Waals surface area (Å²) in [5.41, 5.74) is 0. The number of esters is 1. The van der Waals surface area contributed by atoms with Crippen LogP contribution in [0, 0.1) is 11.8 Å². The molecule has 0 radical (unpaired) electrons. The summed E-state index contributed by atoms with van der Waals surface area (Å²) in [4.78, 5) is 11.7. The summed E-state index contributed by atoms with van der Waals surface area (Å²) in [7, 11) is 0. The van der Waals surface area contributed by atoms with Crippen LogP contribution < -0.4 is 0 Å². The van der Waals surface area contributed by atoms with Crippen LogP contribution in [0.1, 0.15) is 89.9 Å². The number of ether oxygens (including phenoxy) is 1. The normalized spacial score (nSPS) is 24.4. The molecule has 0 N–H and O–H groups in total. The lowest BCUT2D eigenvalue weighted by Gasteiger charge is -2.22. The van der Waals surface area contributed by atoms with E-state index in [1.807, 2.05) is 6.08 Å². The van der Waals surface area contributed by atoms with Crippen molar-refractivity contribution in [1.82, 2.24) is 0 Å². The van der Waals surface area contributed by atoms with Gasteiger partial charge in [0, 0.05) is 11.8 Å². The molecule has 2 rings (SSSR count). The van der Waals surface area contributed by atoms with Crippen LogP contribution in [0.2, 0.25) is 0 Å². The third-order valence-electron chi connectivity index (χ3n) is 5.39. The molecule has 0 amide bonds. The molecule has 2 aliphatic rings. The summed E-state index contributed by atoms with van der Waals surface area (Å²) < 4.78 is 5.28. The van der Waals surface area contributed by atoms with Gasteiger partial charge in [-0.3, -0.25) is 4.79 Å². The van der Waals surface area contributed by atoms with E-state index in [0.29, 0.717) is 24.3 Å². The van der Waals surface area contributed by atoms with E-state index in [1.165, 1.54) is 57.8 Å². The van der Waals surface area contributed by atoms with Crippen molar-refractivity contribution in [1.29, 1.82) is 0 Å². The molecule has 0 heterocycles. The summed E-state index contributed by atoms with van der Waals surface area (Å²) in [5, 5.41) is 0.366. The van der Waals surface area contributed by atoms with Crippen molar-refractivity contribution in [3.05, 3.63) is 12.2 Å². The van der Waals surface area contributed by atoms with Crippen LogP contribution in [0.3, 0.4) is 0 Å². The van der Waals surface area contributed by atoms with Crippen molar-refractivity contribution < 1.29 is 9.53 Å². The van der Waals surface area contributed by atoms with Crippen LogP contribution in [0.15, 0.2) is 12.2 Å². The van der Waals surface area contributed by atoms with E-state index in [2.05, 4.69) is 6.08 Å². The summed E-state index contributed by atoms with van der Waals surface area (Å²) in [5.74, 6) is 1.65. The zero-order chi connectivity index (χ0) is 17.0. The third kappa shape index (κ3) is 9.71. The fraction of sp³-hybridized carbons (Fsp3) is 0.857. The van der Waals surface area contributed by atoms with Gasteiger partial charge in [0.25, 0.3) is 0 Å². The molecule has 2 fully saturated rings. The fourth-order valence-corrected chi connectivity index (χ4v) is 3.80. The van der Waals surface area contributed by atoms with Crippen LogP contribution in [0.5, 0.6) is 0 Å². The molecule has 0 aromatic carbocycles. The fourth-order valence-electron chi connectivity index (χ4n) is 3.55. The molecular formula is C21H35ClO2. The Morgan fingerprint density at radius 2 is 1.58 bits per heavy atom. The Morgan fingerprint density at radius 3 is 2.29 bits per heavy atom. The highest BCUT2D eigenvalue weighted by molar-refractivity contribution is 6.20. The molecule has 0 spiro atoms. The highest BCUT2D eigenvalue weighted by Crippen LogP contribution is 2.34. The molecule has 3 heteroatoms. The lowest BCUT2D eigenvalue weighted by Crippen LogP contribution is -2.12. The van der Waals surface area contributed by atoms with Crippen LogP contribution in [-0.2, 0) is 9.53 Å². The van der Waals surface area contributed by atoms with Crippen molar-refractivity contribution in [2.24, 2.45) is 11.8 Å². The molecule has 24 heavy (non-hydrogen) atoms. The Hall–Kier alpha value is -0.500. The molecule has 0 atom stereocenters. The molecule has 0 saturated heterocycles. The molecule has 138 valence electrons. The molecule has 2 aliphatic carbocycles. The van der Waals surface area contributed by atoms with Crippen molar-refractivity contribution in [2.75, 3.05) is 6.61 Å². The first-order valence-corrected chi connectivity index (χ1v) is 10.6. The predicted octanol–water partition coefficient (Wildman–Crippen LogP) is 6.41. The number of hydrogen-bond acceptors (Lipinski definition) is 2. The largest absolute Gasteiger partial charge is 0.461 e. The van der Waals surface area contributed by atoms with E-state index < -0.39 is 0 Å². The van der Waals surface area contributed by atoms with Gasteiger partial charge in [-0.1, -0.05) is 63.5 Å². The number of unbranched alkanes of at least 4 members (excludes halogenated alkanes) is 5. The van der Waals surface area contributed by atoms with Gasteiger partial charge in [0.1, 0.15) is 6.61 Å². The topological polar surface area (TPSA) is 26.3 Å². The van der Waals surface area contributed by atoms with Gasteiger partial charge in [-0.25, -0.2) is 0 Å². The quantitative estimate of drug-likeness (QED) is 0.175. The second kappa shape index (κ2) is 12.0. The summed E-state index contributed by atoms with van der Waals surface area (Å²) >= 11 is 6.10. The first-order valence-electron chi connectivity index (χ1n) is 10.2. The first-order chi connectivity index (χ1) is 11.7. The average molecular weight is 355 g/mol. The van der Waals surface area contributed by atoms with Gasteiger partial charge in [0.15, 0.2) is 0 Å². The number of halogens is 1. The molecule has 2 saturated carbocycles. The number of carbonyl (C=O) groups excluding carboxylic acids is 1. The van der Waals surface area contributed by atoms with Crippen molar-refractivity contribution in [3.8, 4) is 0 Å². The SMILES string of the molecule is O=C(CCCCCCCCC1CC1)OC/C=C/C1CCC(Cl)CC1. The average Bonchev–Trinajstić information content (AvgIpc) is 3.40. The van der Waals surface area contributed by atoms with E-state index in [4.69, 9.17) is 16.3 Å². The molecular weight excluding hydrogens is 320 g/mol.